The lowest BCUT2D eigenvalue weighted by Gasteiger charge is -2.26. The van der Waals surface area contributed by atoms with Crippen molar-refractivity contribution in [1.82, 2.24) is 10.6 Å². The SMILES string of the molecule is O=C(NCc1cccc2c1OCCCO2)C1CNC1. The normalized spacial score (nSPS) is 18.3. The molecule has 1 aromatic carbocycles. The number of hydrogen-bond acceptors (Lipinski definition) is 4. The minimum Gasteiger partial charge on any atom is -0.490 e. The van der Waals surface area contributed by atoms with Crippen LogP contribution in [0.2, 0.25) is 0 Å². The molecule has 102 valence electrons. The lowest BCUT2D eigenvalue weighted by molar-refractivity contribution is -0.126. The highest BCUT2D eigenvalue weighted by atomic mass is 16.5. The van der Waals surface area contributed by atoms with E-state index < -0.39 is 0 Å². The van der Waals surface area contributed by atoms with Gasteiger partial charge in [0.05, 0.1) is 19.1 Å². The number of amides is 1. The van der Waals surface area contributed by atoms with E-state index in [-0.39, 0.29) is 11.8 Å². The molecular formula is C14H18N2O3. The lowest BCUT2D eigenvalue weighted by Crippen LogP contribution is -2.50. The summed E-state index contributed by atoms with van der Waals surface area (Å²) < 4.78 is 11.4. The summed E-state index contributed by atoms with van der Waals surface area (Å²) in [5, 5.41) is 6.05. The van der Waals surface area contributed by atoms with Crippen LogP contribution >= 0.6 is 0 Å². The van der Waals surface area contributed by atoms with Crippen LogP contribution in [0.15, 0.2) is 18.2 Å². The summed E-state index contributed by atoms with van der Waals surface area (Å²) in [5.41, 5.74) is 0.972. The van der Waals surface area contributed by atoms with Crippen molar-refractivity contribution in [3.8, 4) is 11.5 Å². The molecule has 2 aliphatic heterocycles. The summed E-state index contributed by atoms with van der Waals surface area (Å²) in [5.74, 6) is 1.76. The number of hydrogen-bond donors (Lipinski definition) is 2. The Kier molecular flexibility index (Phi) is 3.55. The highest BCUT2D eigenvalue weighted by Crippen LogP contribution is 2.33. The van der Waals surface area contributed by atoms with E-state index in [9.17, 15) is 4.79 Å². The predicted molar refractivity (Wildman–Crippen MR) is 70.3 cm³/mol. The molecule has 0 aliphatic carbocycles. The molecule has 0 aromatic heterocycles. The first kappa shape index (κ1) is 12.3. The summed E-state index contributed by atoms with van der Waals surface area (Å²) in [7, 11) is 0. The Balaban J connectivity index is 1.68. The van der Waals surface area contributed by atoms with E-state index in [1.807, 2.05) is 18.2 Å². The van der Waals surface area contributed by atoms with Crippen molar-refractivity contribution >= 4 is 5.91 Å². The summed E-state index contributed by atoms with van der Waals surface area (Å²) in [6.45, 7) is 3.37. The highest BCUT2D eigenvalue weighted by Gasteiger charge is 2.24. The Bertz CT molecular complexity index is 472. The summed E-state index contributed by atoms with van der Waals surface area (Å²) >= 11 is 0. The van der Waals surface area contributed by atoms with Crippen molar-refractivity contribution in [3.05, 3.63) is 23.8 Å². The van der Waals surface area contributed by atoms with Gasteiger partial charge in [-0.1, -0.05) is 12.1 Å². The first-order valence-corrected chi connectivity index (χ1v) is 6.70. The zero-order valence-corrected chi connectivity index (χ0v) is 10.8. The number of ether oxygens (including phenoxy) is 2. The third kappa shape index (κ3) is 2.66. The molecule has 2 N–H and O–H groups in total. The maximum atomic E-state index is 11.8. The number of para-hydroxylation sites is 1. The fourth-order valence-corrected chi connectivity index (χ4v) is 2.19. The Labute approximate surface area is 112 Å². The second kappa shape index (κ2) is 5.48. The number of carbonyl (C=O) groups is 1. The van der Waals surface area contributed by atoms with Crippen molar-refractivity contribution in [2.24, 2.45) is 5.92 Å². The molecule has 0 atom stereocenters. The number of nitrogens with one attached hydrogen (secondary N) is 2. The third-order valence-corrected chi connectivity index (χ3v) is 3.46. The first-order valence-electron chi connectivity index (χ1n) is 6.70. The van der Waals surface area contributed by atoms with Crippen LogP contribution in [-0.4, -0.2) is 32.2 Å². The minimum atomic E-state index is 0.103. The molecule has 2 heterocycles. The largest absolute Gasteiger partial charge is 0.490 e. The Hall–Kier alpha value is -1.75. The van der Waals surface area contributed by atoms with Crippen LogP contribution < -0.4 is 20.1 Å². The van der Waals surface area contributed by atoms with E-state index in [1.165, 1.54) is 0 Å². The average molecular weight is 262 g/mol. The third-order valence-electron chi connectivity index (χ3n) is 3.46. The molecule has 0 unspecified atom stereocenters. The van der Waals surface area contributed by atoms with Crippen LogP contribution in [0.5, 0.6) is 11.5 Å². The van der Waals surface area contributed by atoms with Crippen LogP contribution in [0.1, 0.15) is 12.0 Å². The molecule has 0 radical (unpaired) electrons. The Morgan fingerprint density at radius 3 is 2.95 bits per heavy atom. The molecule has 5 nitrogen and oxygen atoms in total. The van der Waals surface area contributed by atoms with Gasteiger partial charge in [0.2, 0.25) is 5.91 Å². The molecule has 0 saturated carbocycles. The van der Waals surface area contributed by atoms with Gasteiger partial charge >= 0.3 is 0 Å². The molecule has 0 bridgehead atoms. The van der Waals surface area contributed by atoms with Crippen LogP contribution in [0.4, 0.5) is 0 Å². The Morgan fingerprint density at radius 1 is 1.32 bits per heavy atom. The molecule has 3 rings (SSSR count). The lowest BCUT2D eigenvalue weighted by atomic mass is 10.0. The fraction of sp³-hybridized carbons (Fsp3) is 0.500. The van der Waals surface area contributed by atoms with Crippen molar-refractivity contribution in [2.45, 2.75) is 13.0 Å². The van der Waals surface area contributed by atoms with Crippen LogP contribution in [0, 0.1) is 5.92 Å². The smallest absolute Gasteiger partial charge is 0.225 e. The van der Waals surface area contributed by atoms with Gasteiger partial charge in [-0.15, -0.1) is 0 Å². The molecular weight excluding hydrogens is 244 g/mol. The number of rotatable bonds is 3. The van der Waals surface area contributed by atoms with Crippen molar-refractivity contribution in [1.29, 1.82) is 0 Å². The van der Waals surface area contributed by atoms with Crippen LogP contribution in [0.3, 0.4) is 0 Å². The summed E-state index contributed by atoms with van der Waals surface area (Å²) in [6.07, 6.45) is 0.883. The maximum Gasteiger partial charge on any atom is 0.225 e. The monoisotopic (exact) mass is 262 g/mol. The summed E-state index contributed by atoms with van der Waals surface area (Å²) in [6, 6.07) is 5.80. The van der Waals surface area contributed by atoms with Crippen molar-refractivity contribution < 1.29 is 14.3 Å². The second-order valence-corrected chi connectivity index (χ2v) is 4.87. The van der Waals surface area contributed by atoms with Gasteiger partial charge in [-0.05, 0) is 6.07 Å². The quantitative estimate of drug-likeness (QED) is 0.841. The van der Waals surface area contributed by atoms with E-state index in [1.54, 1.807) is 0 Å². The number of benzene rings is 1. The van der Waals surface area contributed by atoms with Gasteiger partial charge in [-0.25, -0.2) is 0 Å². The van der Waals surface area contributed by atoms with Gasteiger partial charge in [0.1, 0.15) is 0 Å². The van der Waals surface area contributed by atoms with Crippen molar-refractivity contribution in [2.75, 3.05) is 26.3 Å². The first-order chi connectivity index (χ1) is 9.34. The molecule has 2 aliphatic rings. The molecule has 1 amide bonds. The molecule has 1 fully saturated rings. The Morgan fingerprint density at radius 2 is 2.16 bits per heavy atom. The van der Waals surface area contributed by atoms with E-state index in [4.69, 9.17) is 9.47 Å². The number of carbonyl (C=O) groups excluding carboxylic acids is 1. The molecule has 19 heavy (non-hydrogen) atoms. The minimum absolute atomic E-state index is 0.103. The highest BCUT2D eigenvalue weighted by molar-refractivity contribution is 5.80. The van der Waals surface area contributed by atoms with Crippen molar-refractivity contribution in [3.63, 3.8) is 0 Å². The standard InChI is InChI=1S/C14H18N2O3/c17-14(11-7-15-8-11)16-9-10-3-1-4-12-13(10)19-6-2-5-18-12/h1,3-4,11,15H,2,5-9H2,(H,16,17). The topological polar surface area (TPSA) is 59.6 Å². The van der Waals surface area contributed by atoms with Gasteiger partial charge in [-0.3, -0.25) is 4.79 Å². The maximum absolute atomic E-state index is 11.8. The average Bonchev–Trinajstić information content (AvgIpc) is 2.59. The molecule has 1 saturated heterocycles. The van der Waals surface area contributed by atoms with E-state index in [2.05, 4.69) is 10.6 Å². The zero-order valence-electron chi connectivity index (χ0n) is 10.8. The zero-order chi connectivity index (χ0) is 13.1. The summed E-state index contributed by atoms with van der Waals surface area (Å²) in [4.78, 5) is 11.8. The predicted octanol–water partition coefficient (Wildman–Crippen LogP) is 0.683. The van der Waals surface area contributed by atoms with E-state index in [0.717, 1.165) is 36.6 Å². The number of fused-ring (bicyclic) bond motifs is 1. The fourth-order valence-electron chi connectivity index (χ4n) is 2.19. The molecule has 0 spiro atoms. The van der Waals surface area contributed by atoms with Gasteiger partial charge in [-0.2, -0.15) is 0 Å². The van der Waals surface area contributed by atoms with Crippen LogP contribution in [0.25, 0.3) is 0 Å². The molecule has 5 heteroatoms. The van der Waals surface area contributed by atoms with E-state index in [0.29, 0.717) is 19.8 Å². The van der Waals surface area contributed by atoms with Gasteiger partial charge in [0.15, 0.2) is 11.5 Å². The second-order valence-electron chi connectivity index (χ2n) is 4.87. The van der Waals surface area contributed by atoms with Crippen LogP contribution in [-0.2, 0) is 11.3 Å². The molecule has 1 aromatic rings. The van der Waals surface area contributed by atoms with Gasteiger partial charge in [0, 0.05) is 31.6 Å². The van der Waals surface area contributed by atoms with E-state index >= 15 is 0 Å². The van der Waals surface area contributed by atoms with Gasteiger partial charge < -0.3 is 20.1 Å². The van der Waals surface area contributed by atoms with Gasteiger partial charge in [0.25, 0.3) is 0 Å².